The molecule has 1 aromatic carbocycles. The highest BCUT2D eigenvalue weighted by Gasteiger charge is 2.44. The molecule has 0 spiro atoms. The average molecular weight is 406 g/mol. The number of ether oxygens (including phenoxy) is 1. The lowest BCUT2D eigenvalue weighted by Crippen LogP contribution is -2.18. The molecule has 0 unspecified atom stereocenters. The van der Waals surface area contributed by atoms with Crippen LogP contribution in [0.4, 0.5) is 35.1 Å². The van der Waals surface area contributed by atoms with Gasteiger partial charge < -0.3 is 4.74 Å². The van der Waals surface area contributed by atoms with Gasteiger partial charge in [-0.2, -0.15) is 35.1 Å². The van der Waals surface area contributed by atoms with Gasteiger partial charge in [-0.3, -0.25) is 0 Å². The molecular formula is C9H3F8IO. The van der Waals surface area contributed by atoms with Crippen LogP contribution in [-0.4, -0.2) is 6.61 Å². The third kappa shape index (κ3) is 3.83. The summed E-state index contributed by atoms with van der Waals surface area (Å²) in [7, 11) is 0. The normalized spacial score (nSPS) is 12.9. The first-order valence-electron chi connectivity index (χ1n) is 4.36. The van der Waals surface area contributed by atoms with Gasteiger partial charge in [0, 0.05) is 3.57 Å². The predicted molar refractivity (Wildman–Crippen MR) is 55.8 cm³/mol. The van der Waals surface area contributed by atoms with Crippen molar-refractivity contribution in [3.05, 3.63) is 26.8 Å². The molecule has 0 fully saturated rings. The van der Waals surface area contributed by atoms with E-state index in [1.807, 2.05) is 0 Å². The van der Waals surface area contributed by atoms with Crippen LogP contribution in [0.15, 0.2) is 12.1 Å². The molecule has 0 atom stereocenters. The average Bonchev–Trinajstić information content (AvgIpc) is 2.11. The molecule has 1 aromatic rings. The van der Waals surface area contributed by atoms with Gasteiger partial charge in [-0.25, -0.2) is 0 Å². The summed E-state index contributed by atoms with van der Waals surface area (Å²) in [5, 5.41) is 0. The van der Waals surface area contributed by atoms with Crippen LogP contribution in [0.2, 0.25) is 0 Å². The van der Waals surface area contributed by atoms with Gasteiger partial charge in [0.15, 0.2) is 5.75 Å². The first-order valence-corrected chi connectivity index (χ1v) is 5.44. The molecule has 0 bridgehead atoms. The van der Waals surface area contributed by atoms with Crippen LogP contribution in [0, 0.1) is 3.57 Å². The molecule has 0 aliphatic carbocycles. The summed E-state index contributed by atoms with van der Waals surface area (Å²) >= 11 is 1.09. The maximum absolute atomic E-state index is 12.6. The summed E-state index contributed by atoms with van der Waals surface area (Å²) in [5.41, 5.74) is -3.77. The van der Waals surface area contributed by atoms with E-state index in [1.54, 1.807) is 0 Å². The minimum absolute atomic E-state index is 0.259. The topological polar surface area (TPSA) is 9.23 Å². The summed E-state index contributed by atoms with van der Waals surface area (Å²) in [4.78, 5) is 0. The van der Waals surface area contributed by atoms with Gasteiger partial charge in [0.2, 0.25) is 0 Å². The number of rotatable bonds is 2. The van der Waals surface area contributed by atoms with Crippen LogP contribution in [0.3, 0.4) is 0 Å². The van der Waals surface area contributed by atoms with Crippen molar-refractivity contribution >= 4 is 22.6 Å². The SMILES string of the molecule is FC(F)Oc1c(C(F)(F)F)ccc(I)c1C(F)(F)F. The summed E-state index contributed by atoms with van der Waals surface area (Å²) < 4.78 is 102. The molecule has 108 valence electrons. The van der Waals surface area contributed by atoms with Gasteiger partial charge in [-0.05, 0) is 34.7 Å². The quantitative estimate of drug-likeness (QED) is 0.500. The molecule has 0 amide bonds. The van der Waals surface area contributed by atoms with Crippen molar-refractivity contribution in [1.82, 2.24) is 0 Å². The van der Waals surface area contributed by atoms with Gasteiger partial charge in [-0.15, -0.1) is 0 Å². The lowest BCUT2D eigenvalue weighted by molar-refractivity contribution is -0.151. The van der Waals surface area contributed by atoms with Crippen LogP contribution >= 0.6 is 22.6 Å². The van der Waals surface area contributed by atoms with Crippen LogP contribution in [0.5, 0.6) is 5.75 Å². The van der Waals surface area contributed by atoms with Crippen molar-refractivity contribution in [2.45, 2.75) is 19.0 Å². The Hall–Kier alpha value is -0.810. The van der Waals surface area contributed by atoms with E-state index >= 15 is 0 Å². The zero-order valence-electron chi connectivity index (χ0n) is 8.54. The smallest absolute Gasteiger partial charge is 0.421 e. The summed E-state index contributed by atoms with van der Waals surface area (Å²) in [6.07, 6.45) is -10.5. The zero-order valence-corrected chi connectivity index (χ0v) is 10.7. The molecular weight excluding hydrogens is 403 g/mol. The predicted octanol–water partition coefficient (Wildman–Crippen LogP) is 4.93. The van der Waals surface area contributed by atoms with E-state index in [-0.39, 0.29) is 6.07 Å². The van der Waals surface area contributed by atoms with Crippen LogP contribution in [-0.2, 0) is 12.4 Å². The highest BCUT2D eigenvalue weighted by atomic mass is 127. The maximum Gasteiger partial charge on any atom is 0.421 e. The summed E-state index contributed by atoms with van der Waals surface area (Å²) in [6.45, 7) is -3.81. The van der Waals surface area contributed by atoms with Gasteiger partial charge >= 0.3 is 19.0 Å². The zero-order chi connectivity index (χ0) is 15.0. The van der Waals surface area contributed by atoms with E-state index in [2.05, 4.69) is 4.74 Å². The Morgan fingerprint density at radius 2 is 1.47 bits per heavy atom. The van der Waals surface area contributed by atoms with E-state index in [4.69, 9.17) is 0 Å². The molecule has 0 radical (unpaired) electrons. The second kappa shape index (κ2) is 5.29. The summed E-state index contributed by atoms with van der Waals surface area (Å²) in [5.74, 6) is -1.91. The number of benzene rings is 1. The first kappa shape index (κ1) is 16.2. The third-order valence-electron chi connectivity index (χ3n) is 1.90. The Morgan fingerprint density at radius 1 is 0.947 bits per heavy atom. The molecule has 19 heavy (non-hydrogen) atoms. The second-order valence-corrected chi connectivity index (χ2v) is 4.34. The van der Waals surface area contributed by atoms with E-state index in [0.717, 1.165) is 22.6 Å². The van der Waals surface area contributed by atoms with Crippen LogP contribution < -0.4 is 4.74 Å². The molecule has 0 aliphatic rings. The number of hydrogen-bond acceptors (Lipinski definition) is 1. The number of alkyl halides is 8. The third-order valence-corrected chi connectivity index (χ3v) is 2.80. The van der Waals surface area contributed by atoms with Gasteiger partial charge in [0.25, 0.3) is 0 Å². The Morgan fingerprint density at radius 3 is 1.84 bits per heavy atom. The van der Waals surface area contributed by atoms with E-state index in [0.29, 0.717) is 6.07 Å². The van der Waals surface area contributed by atoms with Gasteiger partial charge in [0.05, 0.1) is 5.56 Å². The molecule has 1 nitrogen and oxygen atoms in total. The van der Waals surface area contributed by atoms with Crippen molar-refractivity contribution in [3.8, 4) is 5.75 Å². The lowest BCUT2D eigenvalue weighted by atomic mass is 10.1. The van der Waals surface area contributed by atoms with E-state index < -0.39 is 39.4 Å². The Labute approximate surface area is 114 Å². The fraction of sp³-hybridized carbons (Fsp3) is 0.333. The molecule has 0 heterocycles. The van der Waals surface area contributed by atoms with Crippen molar-refractivity contribution < 1.29 is 39.9 Å². The molecule has 0 aliphatic heterocycles. The lowest BCUT2D eigenvalue weighted by Gasteiger charge is -2.19. The molecule has 0 aromatic heterocycles. The van der Waals surface area contributed by atoms with Gasteiger partial charge in [-0.1, -0.05) is 0 Å². The Balaban J connectivity index is 3.60. The minimum Gasteiger partial charge on any atom is -0.433 e. The number of halogens is 9. The molecule has 0 saturated heterocycles. The number of hydrogen-bond donors (Lipinski definition) is 0. The molecule has 1 rings (SSSR count). The largest absolute Gasteiger partial charge is 0.433 e. The molecule has 0 N–H and O–H groups in total. The first-order chi connectivity index (χ1) is 8.44. The van der Waals surface area contributed by atoms with Crippen molar-refractivity contribution in [3.63, 3.8) is 0 Å². The monoisotopic (exact) mass is 406 g/mol. The minimum atomic E-state index is -5.25. The Kier molecular flexibility index (Phi) is 4.52. The fourth-order valence-corrected chi connectivity index (χ4v) is 1.99. The van der Waals surface area contributed by atoms with E-state index in [1.165, 1.54) is 0 Å². The van der Waals surface area contributed by atoms with Crippen LogP contribution in [0.1, 0.15) is 11.1 Å². The summed E-state index contributed by atoms with van der Waals surface area (Å²) in [6, 6.07) is 0.791. The highest BCUT2D eigenvalue weighted by molar-refractivity contribution is 14.1. The second-order valence-electron chi connectivity index (χ2n) is 3.17. The Bertz CT molecular complexity index is 465. The molecule has 10 heteroatoms. The molecule has 0 saturated carbocycles. The van der Waals surface area contributed by atoms with Gasteiger partial charge in [0.1, 0.15) is 5.56 Å². The standard InChI is InChI=1S/C9H3F8IO/c10-7(11)19-6-3(8(12,13)14)1-2-4(18)5(6)9(15,16)17/h1-2,7H. The van der Waals surface area contributed by atoms with Crippen molar-refractivity contribution in [1.29, 1.82) is 0 Å². The highest BCUT2D eigenvalue weighted by Crippen LogP contribution is 2.46. The maximum atomic E-state index is 12.6. The van der Waals surface area contributed by atoms with Crippen LogP contribution in [0.25, 0.3) is 0 Å². The van der Waals surface area contributed by atoms with E-state index in [9.17, 15) is 35.1 Å². The van der Waals surface area contributed by atoms with Crippen molar-refractivity contribution in [2.24, 2.45) is 0 Å². The van der Waals surface area contributed by atoms with Crippen molar-refractivity contribution in [2.75, 3.05) is 0 Å². The fourth-order valence-electron chi connectivity index (χ4n) is 1.26.